The van der Waals surface area contributed by atoms with Crippen LogP contribution in [0.1, 0.15) is 60.4 Å². The highest BCUT2D eigenvalue weighted by atomic mass is 16.5. The van der Waals surface area contributed by atoms with Gasteiger partial charge in [-0.3, -0.25) is 4.90 Å². The van der Waals surface area contributed by atoms with E-state index in [1.165, 1.54) is 57.7 Å². The summed E-state index contributed by atoms with van der Waals surface area (Å²) in [5.41, 5.74) is 9.12. The number of aryl methyl sites for hydroxylation is 2. The smallest absolute Gasteiger partial charge is 0.0594 e. The number of ether oxygens (including phenoxy) is 1. The van der Waals surface area contributed by atoms with Crippen molar-refractivity contribution in [3.8, 4) is 0 Å². The molecule has 4 aromatic carbocycles. The third kappa shape index (κ3) is 4.62. The molecule has 0 saturated carbocycles. The van der Waals surface area contributed by atoms with Gasteiger partial charge in [-0.15, -0.1) is 0 Å². The third-order valence-corrected chi connectivity index (χ3v) is 8.50. The molecule has 3 aliphatic rings. The van der Waals surface area contributed by atoms with Crippen molar-refractivity contribution in [1.29, 1.82) is 0 Å². The van der Waals surface area contributed by atoms with Crippen LogP contribution in [-0.2, 0) is 24.0 Å². The molecule has 1 saturated heterocycles. The molecule has 2 nitrogen and oxygen atoms in total. The van der Waals surface area contributed by atoms with Crippen LogP contribution in [0.5, 0.6) is 0 Å². The second kappa shape index (κ2) is 10.8. The molecule has 2 heteroatoms. The highest BCUT2D eigenvalue weighted by molar-refractivity contribution is 6.12. The summed E-state index contributed by atoms with van der Waals surface area (Å²) >= 11 is 0. The molecule has 1 heterocycles. The van der Waals surface area contributed by atoms with Gasteiger partial charge in [0, 0.05) is 25.6 Å². The molecule has 0 N–H and O–H groups in total. The van der Waals surface area contributed by atoms with Crippen molar-refractivity contribution < 1.29 is 4.74 Å². The molecule has 0 aromatic heterocycles. The Morgan fingerprint density at radius 1 is 0.838 bits per heavy atom. The fourth-order valence-electron chi connectivity index (χ4n) is 6.78. The minimum Gasteiger partial charge on any atom is -0.379 e. The van der Waals surface area contributed by atoms with E-state index >= 15 is 0 Å². The standard InChI is InChI=1S/C33H33NO.C2H6/c1-2-11-31-24(6-1)20-26-8-5-7-23-12-13-27(33(31)32(23)26)22-28-21-25(29-9-3-4-10-30(28)29)14-15-34-16-18-35-19-17-34;1-2/h1-4,6,9-13,20-21,28H,5,7-8,14-19,22H2;1-2H3. The first kappa shape index (κ1) is 24.4. The van der Waals surface area contributed by atoms with Gasteiger partial charge in [-0.2, -0.15) is 0 Å². The summed E-state index contributed by atoms with van der Waals surface area (Å²) in [6.07, 6.45) is 8.46. The lowest BCUT2D eigenvalue weighted by molar-refractivity contribution is 0.0390. The first-order chi connectivity index (χ1) is 18.3. The van der Waals surface area contributed by atoms with Gasteiger partial charge in [-0.05, 0) is 87.0 Å². The number of nitrogens with zero attached hydrogens (tertiary/aromatic N) is 1. The summed E-state index contributed by atoms with van der Waals surface area (Å²) in [5, 5.41) is 5.88. The number of benzene rings is 4. The van der Waals surface area contributed by atoms with E-state index in [1.54, 1.807) is 16.5 Å². The molecule has 190 valence electrons. The highest BCUT2D eigenvalue weighted by Crippen LogP contribution is 2.43. The quantitative estimate of drug-likeness (QED) is 0.264. The molecule has 0 radical (unpaired) electrons. The maximum absolute atomic E-state index is 5.55. The normalized spacial score (nSPS) is 18.9. The summed E-state index contributed by atoms with van der Waals surface area (Å²) in [5.74, 6) is 0.449. The molecule has 2 aliphatic carbocycles. The SMILES string of the molecule is C1=C(CCN2CCOCC2)c2ccccc2C1Cc1ccc2c3c(cc4ccccc4c13)CCC2.CC. The van der Waals surface area contributed by atoms with Crippen molar-refractivity contribution in [2.24, 2.45) is 0 Å². The zero-order valence-corrected chi connectivity index (χ0v) is 22.4. The second-order valence-corrected chi connectivity index (χ2v) is 10.5. The Kier molecular flexibility index (Phi) is 7.13. The second-order valence-electron chi connectivity index (χ2n) is 10.5. The van der Waals surface area contributed by atoms with Gasteiger partial charge >= 0.3 is 0 Å². The van der Waals surface area contributed by atoms with Gasteiger partial charge in [-0.1, -0.05) is 86.7 Å². The summed E-state index contributed by atoms with van der Waals surface area (Å²) in [6.45, 7) is 8.99. The summed E-state index contributed by atoms with van der Waals surface area (Å²) < 4.78 is 5.55. The van der Waals surface area contributed by atoms with Gasteiger partial charge in [0.2, 0.25) is 0 Å². The lowest BCUT2D eigenvalue weighted by atomic mass is 9.82. The van der Waals surface area contributed by atoms with Crippen LogP contribution in [0.25, 0.3) is 27.1 Å². The zero-order chi connectivity index (χ0) is 25.2. The van der Waals surface area contributed by atoms with E-state index in [1.807, 2.05) is 13.8 Å². The molecule has 4 aromatic rings. The molecule has 1 aliphatic heterocycles. The van der Waals surface area contributed by atoms with E-state index in [0.717, 1.165) is 45.7 Å². The van der Waals surface area contributed by atoms with Gasteiger partial charge in [0.15, 0.2) is 0 Å². The van der Waals surface area contributed by atoms with Crippen molar-refractivity contribution in [2.75, 3.05) is 32.8 Å². The van der Waals surface area contributed by atoms with E-state index in [9.17, 15) is 0 Å². The number of allylic oxidation sites excluding steroid dienone is 1. The van der Waals surface area contributed by atoms with Crippen LogP contribution in [0, 0.1) is 0 Å². The van der Waals surface area contributed by atoms with Crippen LogP contribution >= 0.6 is 0 Å². The van der Waals surface area contributed by atoms with Crippen LogP contribution in [0.2, 0.25) is 0 Å². The lowest BCUT2D eigenvalue weighted by Crippen LogP contribution is -2.36. The highest BCUT2D eigenvalue weighted by Gasteiger charge is 2.25. The number of hydrogen-bond donors (Lipinski definition) is 0. The fraction of sp³-hybridized carbons (Fsp3) is 0.371. The maximum atomic E-state index is 5.55. The molecule has 0 bridgehead atoms. The monoisotopic (exact) mass is 489 g/mol. The maximum Gasteiger partial charge on any atom is 0.0594 e. The molecule has 0 amide bonds. The molecular formula is C35H39NO. The number of hydrogen-bond acceptors (Lipinski definition) is 2. The molecule has 1 fully saturated rings. The molecule has 0 spiro atoms. The summed E-state index contributed by atoms with van der Waals surface area (Å²) in [7, 11) is 0. The lowest BCUT2D eigenvalue weighted by Gasteiger charge is -2.26. The fourth-order valence-corrected chi connectivity index (χ4v) is 6.78. The summed E-state index contributed by atoms with van der Waals surface area (Å²) in [4.78, 5) is 2.55. The first-order valence-electron chi connectivity index (χ1n) is 14.4. The van der Waals surface area contributed by atoms with Gasteiger partial charge < -0.3 is 4.74 Å². The van der Waals surface area contributed by atoms with Crippen molar-refractivity contribution in [3.63, 3.8) is 0 Å². The van der Waals surface area contributed by atoms with Gasteiger partial charge in [0.05, 0.1) is 13.2 Å². The molecule has 37 heavy (non-hydrogen) atoms. The van der Waals surface area contributed by atoms with E-state index in [4.69, 9.17) is 4.74 Å². The minimum atomic E-state index is 0.449. The Hall–Kier alpha value is -2.94. The number of rotatable bonds is 5. The summed E-state index contributed by atoms with van der Waals surface area (Å²) in [6, 6.07) is 25.5. The predicted molar refractivity (Wildman–Crippen MR) is 158 cm³/mol. The van der Waals surface area contributed by atoms with Gasteiger partial charge in [0.1, 0.15) is 0 Å². The molecule has 1 atom stereocenters. The van der Waals surface area contributed by atoms with Crippen molar-refractivity contribution in [2.45, 2.75) is 51.9 Å². The van der Waals surface area contributed by atoms with Crippen molar-refractivity contribution in [3.05, 3.63) is 101 Å². The largest absolute Gasteiger partial charge is 0.379 e. The minimum absolute atomic E-state index is 0.449. The number of fused-ring (bicyclic) bond motifs is 3. The molecule has 1 unspecified atom stereocenters. The van der Waals surface area contributed by atoms with Crippen molar-refractivity contribution in [1.82, 2.24) is 4.90 Å². The van der Waals surface area contributed by atoms with E-state index in [-0.39, 0.29) is 0 Å². The van der Waals surface area contributed by atoms with Gasteiger partial charge in [0.25, 0.3) is 0 Å². The predicted octanol–water partition coefficient (Wildman–Crippen LogP) is 7.95. The van der Waals surface area contributed by atoms with Crippen LogP contribution in [0.4, 0.5) is 0 Å². The van der Waals surface area contributed by atoms with E-state index in [2.05, 4.69) is 77.7 Å². The van der Waals surface area contributed by atoms with Crippen molar-refractivity contribution >= 4 is 27.1 Å². The third-order valence-electron chi connectivity index (χ3n) is 8.50. The van der Waals surface area contributed by atoms with Gasteiger partial charge in [-0.25, -0.2) is 0 Å². The Morgan fingerprint density at radius 2 is 1.62 bits per heavy atom. The molecular weight excluding hydrogens is 450 g/mol. The average molecular weight is 490 g/mol. The Labute approximate surface area is 221 Å². The topological polar surface area (TPSA) is 12.5 Å². The van der Waals surface area contributed by atoms with Crippen LogP contribution in [-0.4, -0.2) is 37.7 Å². The molecule has 7 rings (SSSR count). The van der Waals surface area contributed by atoms with Crippen LogP contribution in [0.15, 0.2) is 72.8 Å². The zero-order valence-electron chi connectivity index (χ0n) is 22.4. The van der Waals surface area contributed by atoms with Crippen LogP contribution < -0.4 is 0 Å². The first-order valence-corrected chi connectivity index (χ1v) is 14.4. The Bertz CT molecular complexity index is 1440. The van der Waals surface area contributed by atoms with E-state index in [0.29, 0.717) is 5.92 Å². The number of morpholine rings is 1. The average Bonchev–Trinajstić information content (AvgIpc) is 3.32. The van der Waals surface area contributed by atoms with Crippen LogP contribution in [0.3, 0.4) is 0 Å². The van der Waals surface area contributed by atoms with E-state index < -0.39 is 0 Å². The Morgan fingerprint density at radius 3 is 2.51 bits per heavy atom. The Balaban J connectivity index is 0.00000123.